The lowest BCUT2D eigenvalue weighted by molar-refractivity contribution is -0.132. The Balaban J connectivity index is 1.21. The molecule has 0 amide bonds. The van der Waals surface area contributed by atoms with E-state index in [0.29, 0.717) is 23.5 Å². The normalized spacial score (nSPS) is 28.2. The minimum atomic E-state index is -0.390. The molecule has 1 saturated carbocycles. The number of phenolic OH excluding ortho intramolecular Hbond substituents is 1. The minimum absolute atomic E-state index is 0.00660. The van der Waals surface area contributed by atoms with Crippen molar-refractivity contribution < 1.29 is 19.4 Å². The third-order valence-corrected chi connectivity index (χ3v) is 10.2. The van der Waals surface area contributed by atoms with E-state index in [-0.39, 0.29) is 23.3 Å². The molecule has 2 fully saturated rings. The Morgan fingerprint density at radius 3 is 2.80 bits per heavy atom. The molecule has 40 heavy (non-hydrogen) atoms. The van der Waals surface area contributed by atoms with Crippen molar-refractivity contribution in [3.63, 3.8) is 0 Å². The third-order valence-electron chi connectivity index (χ3n) is 10.2. The summed E-state index contributed by atoms with van der Waals surface area (Å²) in [7, 11) is 2.26. The largest absolute Gasteiger partial charge is 0.508 e. The van der Waals surface area contributed by atoms with Crippen LogP contribution in [0.4, 0.5) is 0 Å². The number of carbonyl (C=O) groups is 1. The number of likely N-dealkylation sites (tertiary alicyclic amines) is 1. The summed E-state index contributed by atoms with van der Waals surface area (Å²) in [6.45, 7) is 8.33. The standard InChI is InChI=1S/C34H44N2O4/c1-4-18-36-20-17-34-26-15-16-27(35(3)19-11-6-5-8-12-24-13-9-7-10-14-24)33(34)40-32-30(39-23(2)37)22-29(38)25(31(32)34)21-28(26)36/h4,7,9-10,13-14,22,26-28,33,38H,1,5-6,8,11-12,15-21H2,2-3H3/t26-,27-,28+,33-,34-/m0/s1. The minimum Gasteiger partial charge on any atom is -0.508 e. The number of esters is 1. The quantitative estimate of drug-likeness (QED) is 0.171. The van der Waals surface area contributed by atoms with Crippen molar-refractivity contribution in [1.29, 1.82) is 0 Å². The molecule has 0 aromatic heterocycles. The maximum atomic E-state index is 12.0. The number of piperidine rings is 1. The zero-order valence-electron chi connectivity index (χ0n) is 24.1. The second-order valence-corrected chi connectivity index (χ2v) is 12.4. The molecule has 214 valence electrons. The molecular weight excluding hydrogens is 500 g/mol. The summed E-state index contributed by atoms with van der Waals surface area (Å²) in [6, 6.07) is 13.0. The van der Waals surface area contributed by atoms with Crippen LogP contribution in [0.2, 0.25) is 0 Å². The highest BCUT2D eigenvalue weighted by Crippen LogP contribution is 2.65. The van der Waals surface area contributed by atoms with E-state index in [1.165, 1.54) is 38.2 Å². The Hall–Kier alpha value is -2.83. The van der Waals surface area contributed by atoms with Crippen LogP contribution in [0, 0.1) is 5.92 Å². The number of carbonyl (C=O) groups excluding carboxylic acids is 1. The highest BCUT2D eigenvalue weighted by atomic mass is 16.6. The molecule has 4 aliphatic rings. The molecule has 1 spiro atoms. The van der Waals surface area contributed by atoms with E-state index < -0.39 is 5.97 Å². The van der Waals surface area contributed by atoms with Crippen LogP contribution in [0.1, 0.15) is 68.6 Å². The van der Waals surface area contributed by atoms with E-state index in [0.717, 1.165) is 62.9 Å². The van der Waals surface area contributed by atoms with Gasteiger partial charge in [0.05, 0.1) is 0 Å². The second kappa shape index (κ2) is 11.2. The van der Waals surface area contributed by atoms with Gasteiger partial charge >= 0.3 is 5.97 Å². The molecule has 1 saturated heterocycles. The van der Waals surface area contributed by atoms with Gasteiger partial charge in [0, 0.05) is 48.2 Å². The first-order valence-electron chi connectivity index (χ1n) is 15.3. The summed E-state index contributed by atoms with van der Waals surface area (Å²) >= 11 is 0. The van der Waals surface area contributed by atoms with Crippen LogP contribution in [0.25, 0.3) is 0 Å². The number of ether oxygens (including phenoxy) is 2. The molecule has 2 aliphatic carbocycles. The molecule has 2 aliphatic heterocycles. The number of phenols is 1. The monoisotopic (exact) mass is 544 g/mol. The molecule has 6 rings (SSSR count). The summed E-state index contributed by atoms with van der Waals surface area (Å²) in [5.41, 5.74) is 3.39. The zero-order chi connectivity index (χ0) is 27.9. The van der Waals surface area contributed by atoms with Gasteiger partial charge in [-0.25, -0.2) is 0 Å². The molecular formula is C34H44N2O4. The molecule has 2 bridgehead atoms. The van der Waals surface area contributed by atoms with E-state index in [9.17, 15) is 9.90 Å². The summed E-state index contributed by atoms with van der Waals surface area (Å²) in [5.74, 6) is 1.37. The van der Waals surface area contributed by atoms with Gasteiger partial charge in [-0.15, -0.1) is 6.58 Å². The summed E-state index contributed by atoms with van der Waals surface area (Å²) < 4.78 is 12.5. The topological polar surface area (TPSA) is 62.2 Å². The lowest BCUT2D eigenvalue weighted by atomic mass is 9.51. The Morgan fingerprint density at radius 2 is 2.02 bits per heavy atom. The van der Waals surface area contributed by atoms with Crippen molar-refractivity contribution in [1.82, 2.24) is 9.80 Å². The number of hydrogen-bond donors (Lipinski definition) is 1. The van der Waals surface area contributed by atoms with Crippen molar-refractivity contribution >= 4 is 5.97 Å². The molecule has 0 radical (unpaired) electrons. The fourth-order valence-electron chi connectivity index (χ4n) is 8.58. The van der Waals surface area contributed by atoms with Crippen LogP contribution in [0.5, 0.6) is 17.2 Å². The Bertz CT molecular complexity index is 1250. The van der Waals surface area contributed by atoms with E-state index in [2.05, 4.69) is 53.8 Å². The Morgan fingerprint density at radius 1 is 1.23 bits per heavy atom. The second-order valence-electron chi connectivity index (χ2n) is 12.4. The van der Waals surface area contributed by atoms with Gasteiger partial charge < -0.3 is 14.6 Å². The number of unbranched alkanes of at least 4 members (excludes halogenated alkanes) is 3. The van der Waals surface area contributed by atoms with E-state index in [1.807, 2.05) is 6.08 Å². The van der Waals surface area contributed by atoms with E-state index >= 15 is 0 Å². The van der Waals surface area contributed by atoms with Gasteiger partial charge in [-0.05, 0) is 76.6 Å². The number of rotatable bonds is 11. The van der Waals surface area contributed by atoms with Gasteiger partial charge in [0.1, 0.15) is 11.9 Å². The number of hydrogen-bond acceptors (Lipinski definition) is 6. The first-order chi connectivity index (χ1) is 19.4. The fourth-order valence-corrected chi connectivity index (χ4v) is 8.58. The molecule has 0 unspecified atom stereocenters. The third kappa shape index (κ3) is 4.63. The average molecular weight is 545 g/mol. The number of nitrogens with zero attached hydrogens (tertiary/aromatic N) is 2. The molecule has 5 atom stereocenters. The zero-order valence-corrected chi connectivity index (χ0v) is 24.1. The van der Waals surface area contributed by atoms with Crippen LogP contribution < -0.4 is 9.47 Å². The number of likely N-dealkylation sites (N-methyl/N-ethyl adjacent to an activating group) is 1. The van der Waals surface area contributed by atoms with Gasteiger partial charge in [0.25, 0.3) is 0 Å². The lowest BCUT2D eigenvalue weighted by Gasteiger charge is -2.60. The van der Waals surface area contributed by atoms with Gasteiger partial charge in [0.15, 0.2) is 11.5 Å². The summed E-state index contributed by atoms with van der Waals surface area (Å²) in [5, 5.41) is 11.2. The molecule has 1 N–H and O–H groups in total. The highest BCUT2D eigenvalue weighted by Gasteiger charge is 2.66. The molecule has 2 aromatic rings. The lowest BCUT2D eigenvalue weighted by Crippen LogP contribution is -2.68. The Labute approximate surface area is 239 Å². The van der Waals surface area contributed by atoms with Crippen LogP contribution in [-0.4, -0.2) is 65.7 Å². The maximum absolute atomic E-state index is 12.0. The highest BCUT2D eigenvalue weighted by molar-refractivity contribution is 5.73. The van der Waals surface area contributed by atoms with Crippen LogP contribution in [0.3, 0.4) is 0 Å². The van der Waals surface area contributed by atoms with Gasteiger partial charge in [-0.2, -0.15) is 0 Å². The predicted molar refractivity (Wildman–Crippen MR) is 157 cm³/mol. The molecule has 2 aromatic carbocycles. The van der Waals surface area contributed by atoms with Gasteiger partial charge in [-0.3, -0.25) is 14.6 Å². The van der Waals surface area contributed by atoms with Crippen molar-refractivity contribution in [2.45, 2.75) is 88.3 Å². The number of benzene rings is 2. The predicted octanol–water partition coefficient (Wildman–Crippen LogP) is 5.65. The van der Waals surface area contributed by atoms with Crippen molar-refractivity contribution in [3.8, 4) is 17.2 Å². The first-order valence-corrected chi connectivity index (χ1v) is 15.3. The van der Waals surface area contributed by atoms with Crippen LogP contribution in [-0.2, 0) is 23.1 Å². The maximum Gasteiger partial charge on any atom is 0.308 e. The summed E-state index contributed by atoms with van der Waals surface area (Å²) in [4.78, 5) is 17.1. The number of aryl methyl sites for hydroxylation is 1. The molecule has 2 heterocycles. The summed E-state index contributed by atoms with van der Waals surface area (Å²) in [6.07, 6.45) is 12.1. The van der Waals surface area contributed by atoms with Crippen molar-refractivity contribution in [2.24, 2.45) is 5.92 Å². The van der Waals surface area contributed by atoms with Crippen molar-refractivity contribution in [2.75, 3.05) is 26.7 Å². The fraction of sp³-hybridized carbons (Fsp3) is 0.559. The molecule has 6 heteroatoms. The molecule has 6 nitrogen and oxygen atoms in total. The van der Waals surface area contributed by atoms with E-state index in [1.54, 1.807) is 6.07 Å². The Kier molecular flexibility index (Phi) is 7.66. The van der Waals surface area contributed by atoms with E-state index in [4.69, 9.17) is 9.47 Å². The average Bonchev–Trinajstić information content (AvgIpc) is 3.28. The smallest absolute Gasteiger partial charge is 0.308 e. The van der Waals surface area contributed by atoms with Crippen LogP contribution >= 0.6 is 0 Å². The van der Waals surface area contributed by atoms with Gasteiger partial charge in [0.2, 0.25) is 0 Å². The van der Waals surface area contributed by atoms with Crippen molar-refractivity contribution in [3.05, 3.63) is 65.7 Å². The first kappa shape index (κ1) is 27.3. The van der Waals surface area contributed by atoms with Gasteiger partial charge in [-0.1, -0.05) is 49.2 Å². The van der Waals surface area contributed by atoms with Crippen LogP contribution in [0.15, 0.2) is 49.1 Å². The SMILES string of the molecule is C=CCN1CC[C@]23c4c5c(O)cc(OC(C)=O)c4O[C@H]2[C@@H](N(C)CCCCCCc2ccccc2)CC[C@H]3[C@H]1C5. The number of aromatic hydroxyl groups is 1.